The summed E-state index contributed by atoms with van der Waals surface area (Å²) in [5.74, 6) is 0.644. The highest BCUT2D eigenvalue weighted by atomic mass is 16.5. The van der Waals surface area contributed by atoms with Gasteiger partial charge in [-0.05, 0) is 51.3 Å². The van der Waals surface area contributed by atoms with Crippen molar-refractivity contribution in [2.75, 3.05) is 16.8 Å². The van der Waals surface area contributed by atoms with E-state index in [0.717, 1.165) is 17.7 Å². The lowest BCUT2D eigenvalue weighted by atomic mass is 10.0. The molecular weight excluding hydrogens is 460 g/mol. The second-order valence-corrected chi connectivity index (χ2v) is 9.71. The molecule has 2 amide bonds. The number of benzene rings is 1. The molecule has 1 aliphatic rings. The Kier molecular flexibility index (Phi) is 6.05. The number of hydrogen-bond acceptors (Lipinski definition) is 7. The van der Waals surface area contributed by atoms with Crippen LogP contribution in [0.25, 0.3) is 17.0 Å². The van der Waals surface area contributed by atoms with Crippen LogP contribution in [-0.2, 0) is 11.2 Å². The topological polar surface area (TPSA) is 126 Å². The minimum atomic E-state index is -0.818. The monoisotopic (exact) mass is 488 g/mol. The third-order valence-electron chi connectivity index (χ3n) is 6.28. The Balaban J connectivity index is 1.34. The average Bonchev–Trinajstić information content (AvgIpc) is 3.57. The number of rotatable bonds is 7. The van der Waals surface area contributed by atoms with E-state index in [9.17, 15) is 14.7 Å². The number of carbonyl (C=O) groups is 2. The van der Waals surface area contributed by atoms with Crippen molar-refractivity contribution >= 4 is 28.8 Å². The summed E-state index contributed by atoms with van der Waals surface area (Å²) in [6.45, 7) is 6.06. The number of fused-ring (bicyclic) bond motifs is 1. The molecule has 5 rings (SSSR count). The lowest BCUT2D eigenvalue weighted by molar-refractivity contribution is -0.117. The van der Waals surface area contributed by atoms with Crippen molar-refractivity contribution in [3.8, 4) is 11.4 Å². The number of aromatic nitrogens is 4. The van der Waals surface area contributed by atoms with Gasteiger partial charge >= 0.3 is 0 Å². The molecule has 0 unspecified atom stereocenters. The summed E-state index contributed by atoms with van der Waals surface area (Å²) in [6, 6.07) is 9.19. The van der Waals surface area contributed by atoms with E-state index < -0.39 is 5.60 Å². The standard InChI is InChI=1S/C26H28N6O4/c1-16-6-7-17(24-29-22(36-30-24)8-10-26(2,3)35)13-19(16)28-25(34)20-15-27-21-14-18(9-12-32(20)21)31-11-4-5-23(31)33/h6-7,9,12-15,35H,4-5,8,10-11H2,1-3H3,(H,28,34). The fourth-order valence-electron chi connectivity index (χ4n) is 4.20. The lowest BCUT2D eigenvalue weighted by Crippen LogP contribution is -2.23. The summed E-state index contributed by atoms with van der Waals surface area (Å²) in [5, 5.41) is 16.9. The first-order valence-electron chi connectivity index (χ1n) is 11.9. The van der Waals surface area contributed by atoms with E-state index in [0.29, 0.717) is 60.1 Å². The van der Waals surface area contributed by atoms with Crippen LogP contribution < -0.4 is 10.2 Å². The Morgan fingerprint density at radius 1 is 1.25 bits per heavy atom. The van der Waals surface area contributed by atoms with Crippen molar-refractivity contribution < 1.29 is 19.2 Å². The molecule has 1 saturated heterocycles. The predicted molar refractivity (Wildman–Crippen MR) is 134 cm³/mol. The molecule has 0 atom stereocenters. The number of nitrogens with one attached hydrogen (secondary N) is 1. The first-order chi connectivity index (χ1) is 17.2. The fraction of sp³-hybridized carbons (Fsp3) is 0.346. The van der Waals surface area contributed by atoms with Gasteiger partial charge in [0.2, 0.25) is 17.6 Å². The molecule has 0 bridgehead atoms. The molecule has 2 N–H and O–H groups in total. The Hall–Kier alpha value is -4.05. The molecule has 0 radical (unpaired) electrons. The van der Waals surface area contributed by atoms with Gasteiger partial charge < -0.3 is 19.8 Å². The molecule has 0 aliphatic carbocycles. The normalized spacial score (nSPS) is 14.1. The van der Waals surface area contributed by atoms with Crippen molar-refractivity contribution in [3.05, 3.63) is 59.9 Å². The molecular formula is C26H28N6O4. The Morgan fingerprint density at radius 3 is 2.83 bits per heavy atom. The van der Waals surface area contributed by atoms with Crippen LogP contribution in [-0.4, -0.2) is 48.6 Å². The zero-order valence-electron chi connectivity index (χ0n) is 20.5. The smallest absolute Gasteiger partial charge is 0.274 e. The highest BCUT2D eigenvalue weighted by Gasteiger charge is 2.23. The summed E-state index contributed by atoms with van der Waals surface area (Å²) in [6.07, 6.45) is 5.64. The number of hydrogen-bond donors (Lipinski definition) is 2. The Bertz CT molecular complexity index is 1450. The maximum Gasteiger partial charge on any atom is 0.274 e. The van der Waals surface area contributed by atoms with Crippen molar-refractivity contribution in [3.63, 3.8) is 0 Å². The van der Waals surface area contributed by atoms with Crippen LogP contribution in [0.15, 0.2) is 47.2 Å². The van der Waals surface area contributed by atoms with Gasteiger partial charge in [0.25, 0.3) is 5.91 Å². The highest BCUT2D eigenvalue weighted by Crippen LogP contribution is 2.26. The van der Waals surface area contributed by atoms with Gasteiger partial charge in [-0.1, -0.05) is 17.3 Å². The lowest BCUT2D eigenvalue weighted by Gasteiger charge is -2.15. The molecule has 4 heterocycles. The zero-order chi connectivity index (χ0) is 25.4. The Labute approximate surface area is 208 Å². The van der Waals surface area contributed by atoms with E-state index >= 15 is 0 Å². The van der Waals surface area contributed by atoms with E-state index in [1.807, 2.05) is 31.2 Å². The number of pyridine rings is 1. The van der Waals surface area contributed by atoms with E-state index in [1.54, 1.807) is 35.4 Å². The van der Waals surface area contributed by atoms with E-state index in [1.165, 1.54) is 6.20 Å². The number of nitrogens with zero attached hydrogens (tertiary/aromatic N) is 5. The second kappa shape index (κ2) is 9.19. The Morgan fingerprint density at radius 2 is 2.08 bits per heavy atom. The molecule has 3 aromatic heterocycles. The SMILES string of the molecule is Cc1ccc(-c2noc(CCC(C)(C)O)n2)cc1NC(=O)c1cnc2cc(N3CCCC3=O)ccn12. The molecule has 36 heavy (non-hydrogen) atoms. The molecule has 1 aromatic carbocycles. The predicted octanol–water partition coefficient (Wildman–Crippen LogP) is 3.78. The van der Waals surface area contributed by atoms with Gasteiger partial charge in [-0.3, -0.25) is 14.0 Å². The summed E-state index contributed by atoms with van der Waals surface area (Å²) in [7, 11) is 0. The average molecular weight is 489 g/mol. The van der Waals surface area contributed by atoms with Crippen LogP contribution in [0.5, 0.6) is 0 Å². The highest BCUT2D eigenvalue weighted by molar-refractivity contribution is 6.04. The van der Waals surface area contributed by atoms with Crippen molar-refractivity contribution in [2.45, 2.75) is 52.1 Å². The van der Waals surface area contributed by atoms with E-state index in [-0.39, 0.29) is 11.8 Å². The van der Waals surface area contributed by atoms with E-state index in [2.05, 4.69) is 20.4 Å². The molecule has 1 fully saturated rings. The van der Waals surface area contributed by atoms with Crippen LogP contribution in [0.2, 0.25) is 0 Å². The number of amides is 2. The maximum absolute atomic E-state index is 13.2. The first-order valence-corrected chi connectivity index (χ1v) is 11.9. The molecule has 186 valence electrons. The summed E-state index contributed by atoms with van der Waals surface area (Å²) in [4.78, 5) is 35.8. The van der Waals surface area contributed by atoms with Gasteiger partial charge in [-0.25, -0.2) is 4.98 Å². The van der Waals surface area contributed by atoms with Crippen molar-refractivity contribution in [1.82, 2.24) is 19.5 Å². The molecule has 10 heteroatoms. The van der Waals surface area contributed by atoms with Gasteiger partial charge in [0.05, 0.1) is 11.8 Å². The van der Waals surface area contributed by atoms with Crippen LogP contribution in [0.4, 0.5) is 11.4 Å². The fourth-order valence-corrected chi connectivity index (χ4v) is 4.20. The summed E-state index contributed by atoms with van der Waals surface area (Å²) >= 11 is 0. The van der Waals surface area contributed by atoms with Crippen LogP contribution in [0, 0.1) is 6.92 Å². The minimum absolute atomic E-state index is 0.102. The van der Waals surface area contributed by atoms with Crippen LogP contribution in [0.3, 0.4) is 0 Å². The second-order valence-electron chi connectivity index (χ2n) is 9.71. The zero-order valence-corrected chi connectivity index (χ0v) is 20.5. The first kappa shape index (κ1) is 23.7. The van der Waals surface area contributed by atoms with Gasteiger partial charge in [0.1, 0.15) is 11.3 Å². The van der Waals surface area contributed by atoms with Crippen molar-refractivity contribution in [1.29, 1.82) is 0 Å². The molecule has 0 saturated carbocycles. The number of aliphatic hydroxyl groups is 1. The quantitative estimate of drug-likeness (QED) is 0.405. The maximum atomic E-state index is 13.2. The third-order valence-corrected chi connectivity index (χ3v) is 6.28. The number of carbonyl (C=O) groups excluding carboxylic acids is 2. The van der Waals surface area contributed by atoms with Crippen LogP contribution in [0.1, 0.15) is 55.1 Å². The van der Waals surface area contributed by atoms with Gasteiger partial charge in [0.15, 0.2) is 0 Å². The summed E-state index contributed by atoms with van der Waals surface area (Å²) in [5.41, 5.74) is 3.13. The number of anilines is 2. The molecule has 0 spiro atoms. The largest absolute Gasteiger partial charge is 0.390 e. The number of aryl methyl sites for hydroxylation is 2. The number of imidazole rings is 1. The summed E-state index contributed by atoms with van der Waals surface area (Å²) < 4.78 is 7.03. The van der Waals surface area contributed by atoms with Gasteiger partial charge in [0, 0.05) is 48.6 Å². The van der Waals surface area contributed by atoms with Gasteiger partial charge in [-0.2, -0.15) is 4.98 Å². The van der Waals surface area contributed by atoms with Crippen molar-refractivity contribution in [2.24, 2.45) is 0 Å². The van der Waals surface area contributed by atoms with Crippen LogP contribution >= 0.6 is 0 Å². The molecule has 4 aromatic rings. The minimum Gasteiger partial charge on any atom is -0.390 e. The third kappa shape index (κ3) is 4.85. The van der Waals surface area contributed by atoms with E-state index in [4.69, 9.17) is 4.52 Å². The van der Waals surface area contributed by atoms with Gasteiger partial charge in [-0.15, -0.1) is 0 Å². The molecule has 1 aliphatic heterocycles. The molecule has 10 nitrogen and oxygen atoms in total.